The highest BCUT2D eigenvalue weighted by Crippen LogP contribution is 2.32. The fourth-order valence-electron chi connectivity index (χ4n) is 4.60. The lowest BCUT2D eigenvalue weighted by molar-refractivity contribution is -0.146. The summed E-state index contributed by atoms with van der Waals surface area (Å²) in [6.07, 6.45) is 12.3. The zero-order valence-electron chi connectivity index (χ0n) is 24.8. The van der Waals surface area contributed by atoms with Crippen molar-refractivity contribution in [1.29, 1.82) is 0 Å². The van der Waals surface area contributed by atoms with Gasteiger partial charge in [-0.1, -0.05) is 116 Å². The Balaban J connectivity index is 1.40. The van der Waals surface area contributed by atoms with Crippen molar-refractivity contribution in [1.82, 2.24) is 19.8 Å². The summed E-state index contributed by atoms with van der Waals surface area (Å²) in [5.74, 6) is -0.595. The fourth-order valence-corrected chi connectivity index (χ4v) is 5.04. The van der Waals surface area contributed by atoms with Gasteiger partial charge in [0.2, 0.25) is 5.91 Å². The van der Waals surface area contributed by atoms with Gasteiger partial charge in [-0.2, -0.15) is 4.63 Å². The molecule has 0 fully saturated rings. The third-order valence-electron chi connectivity index (χ3n) is 7.06. The second-order valence-corrected chi connectivity index (χ2v) is 12.2. The molecule has 0 saturated heterocycles. The van der Waals surface area contributed by atoms with Gasteiger partial charge in [-0.15, -0.1) is 5.10 Å². The number of carbonyl (C=O) groups excluding carboxylic acids is 2. The molecule has 2 N–H and O–H groups in total. The van der Waals surface area contributed by atoms with E-state index in [0.717, 1.165) is 24.1 Å². The Labute approximate surface area is 243 Å². The van der Waals surface area contributed by atoms with Crippen molar-refractivity contribution in [3.05, 3.63) is 35.0 Å². The van der Waals surface area contributed by atoms with E-state index in [4.69, 9.17) is 16.3 Å². The van der Waals surface area contributed by atoms with E-state index >= 15 is 0 Å². The molecule has 1 amide bonds. The molecular weight excluding hydrogens is 526 g/mol. The maximum atomic E-state index is 12.8. The molecule has 0 aliphatic heterocycles. The SMILES string of the molecule is CCCCCCCCCCCCOC(=O)CC(C)C(=O)Nc1cccc(-c2nc3c(Cl)c(C(C)(C)C)[nH]n3n2)c1. The lowest BCUT2D eigenvalue weighted by Crippen LogP contribution is -2.23. The number of H-pyrrole nitrogens is 1. The molecule has 0 saturated carbocycles. The van der Waals surface area contributed by atoms with Gasteiger partial charge in [0.25, 0.3) is 0 Å². The number of unbranched alkanes of at least 4 members (excludes halogenated alkanes) is 9. The second kappa shape index (κ2) is 15.2. The maximum absolute atomic E-state index is 12.8. The Bertz CT molecular complexity index is 1240. The van der Waals surface area contributed by atoms with Gasteiger partial charge in [0.1, 0.15) is 5.02 Å². The lowest BCUT2D eigenvalue weighted by atomic mass is 9.92. The number of aromatic amines is 1. The quantitative estimate of drug-likeness (QED) is 0.133. The van der Waals surface area contributed by atoms with Gasteiger partial charge in [0, 0.05) is 22.6 Å². The maximum Gasteiger partial charge on any atom is 0.306 e. The summed E-state index contributed by atoms with van der Waals surface area (Å²) >= 11 is 6.55. The van der Waals surface area contributed by atoms with Crippen LogP contribution in [0.4, 0.5) is 5.69 Å². The molecule has 0 aliphatic rings. The molecule has 9 heteroatoms. The Morgan fingerprint density at radius 1 is 1.05 bits per heavy atom. The number of esters is 1. The number of aromatic nitrogens is 4. The fraction of sp³-hybridized carbons (Fsp3) is 0.613. The molecule has 3 rings (SSSR count). The first-order valence-corrected chi connectivity index (χ1v) is 15.2. The Morgan fingerprint density at radius 2 is 1.70 bits per heavy atom. The molecule has 0 radical (unpaired) electrons. The Kier molecular flexibility index (Phi) is 12.0. The average molecular weight is 572 g/mol. The molecule has 8 nitrogen and oxygen atoms in total. The van der Waals surface area contributed by atoms with Crippen LogP contribution in [0, 0.1) is 5.92 Å². The van der Waals surface area contributed by atoms with Gasteiger partial charge < -0.3 is 10.1 Å². The van der Waals surface area contributed by atoms with Crippen LogP contribution in [-0.2, 0) is 19.7 Å². The summed E-state index contributed by atoms with van der Waals surface area (Å²) in [4.78, 5) is 29.6. The van der Waals surface area contributed by atoms with Crippen molar-refractivity contribution in [2.75, 3.05) is 11.9 Å². The number of benzene rings is 1. The first kappa shape index (κ1) is 31.7. The number of rotatable bonds is 16. The summed E-state index contributed by atoms with van der Waals surface area (Å²) in [7, 11) is 0. The first-order valence-electron chi connectivity index (χ1n) is 14.8. The Morgan fingerprint density at radius 3 is 2.33 bits per heavy atom. The van der Waals surface area contributed by atoms with Crippen molar-refractivity contribution >= 4 is 34.8 Å². The topological polar surface area (TPSA) is 101 Å². The molecular formula is C31H46ClN5O3. The van der Waals surface area contributed by atoms with E-state index in [1.807, 2.05) is 18.2 Å². The minimum absolute atomic E-state index is 0.0468. The Hall–Kier alpha value is -2.87. The molecule has 1 atom stereocenters. The first-order chi connectivity index (χ1) is 19.1. The van der Waals surface area contributed by atoms with Gasteiger partial charge in [-0.3, -0.25) is 14.7 Å². The van der Waals surface area contributed by atoms with Gasteiger partial charge in [-0.05, 0) is 18.6 Å². The molecule has 220 valence electrons. The van der Waals surface area contributed by atoms with E-state index in [1.54, 1.807) is 17.6 Å². The van der Waals surface area contributed by atoms with Gasteiger partial charge >= 0.3 is 5.97 Å². The predicted molar refractivity (Wildman–Crippen MR) is 162 cm³/mol. The zero-order valence-corrected chi connectivity index (χ0v) is 25.6. The van der Waals surface area contributed by atoms with Crippen LogP contribution in [0.2, 0.25) is 5.02 Å². The van der Waals surface area contributed by atoms with Crippen molar-refractivity contribution in [2.45, 2.75) is 111 Å². The number of halogens is 1. The van der Waals surface area contributed by atoms with E-state index in [2.05, 4.69) is 48.2 Å². The van der Waals surface area contributed by atoms with E-state index < -0.39 is 5.92 Å². The average Bonchev–Trinajstić information content (AvgIpc) is 3.46. The largest absolute Gasteiger partial charge is 0.466 e. The van der Waals surface area contributed by atoms with Crippen LogP contribution in [0.3, 0.4) is 0 Å². The van der Waals surface area contributed by atoms with Crippen LogP contribution in [0.15, 0.2) is 24.3 Å². The third kappa shape index (κ3) is 9.36. The molecule has 2 heterocycles. The molecule has 3 aromatic rings. The summed E-state index contributed by atoms with van der Waals surface area (Å²) in [5.41, 5.74) is 2.61. The van der Waals surface area contributed by atoms with Crippen LogP contribution < -0.4 is 5.32 Å². The van der Waals surface area contributed by atoms with Crippen molar-refractivity contribution < 1.29 is 14.3 Å². The number of nitrogens with one attached hydrogen (secondary N) is 2. The molecule has 1 unspecified atom stereocenters. The minimum Gasteiger partial charge on any atom is -0.466 e. The van der Waals surface area contributed by atoms with Gasteiger partial charge in [-0.25, -0.2) is 4.98 Å². The summed E-state index contributed by atoms with van der Waals surface area (Å²) < 4.78 is 6.95. The normalized spacial score (nSPS) is 12.6. The second-order valence-electron chi connectivity index (χ2n) is 11.8. The minimum atomic E-state index is -0.512. The number of carbonyl (C=O) groups is 2. The van der Waals surface area contributed by atoms with Crippen LogP contribution in [0.25, 0.3) is 17.0 Å². The van der Waals surface area contributed by atoms with Gasteiger partial charge in [0.05, 0.1) is 18.7 Å². The van der Waals surface area contributed by atoms with Crippen molar-refractivity contribution in [3.8, 4) is 11.4 Å². The smallest absolute Gasteiger partial charge is 0.306 e. The van der Waals surface area contributed by atoms with Gasteiger partial charge in [0.15, 0.2) is 11.5 Å². The van der Waals surface area contributed by atoms with E-state index in [0.29, 0.717) is 28.8 Å². The van der Waals surface area contributed by atoms with Crippen LogP contribution in [0.5, 0.6) is 0 Å². The van der Waals surface area contributed by atoms with E-state index in [9.17, 15) is 9.59 Å². The number of nitrogens with zero attached hydrogens (tertiary/aromatic N) is 3. The molecule has 0 spiro atoms. The van der Waals surface area contributed by atoms with E-state index in [-0.39, 0.29) is 23.7 Å². The summed E-state index contributed by atoms with van der Waals surface area (Å²) in [5, 5.41) is 11.2. The lowest BCUT2D eigenvalue weighted by Gasteiger charge is -2.16. The molecule has 40 heavy (non-hydrogen) atoms. The van der Waals surface area contributed by atoms with Crippen molar-refractivity contribution in [3.63, 3.8) is 0 Å². The van der Waals surface area contributed by atoms with E-state index in [1.165, 1.54) is 51.4 Å². The monoisotopic (exact) mass is 571 g/mol. The zero-order chi connectivity index (χ0) is 29.1. The molecule has 0 aliphatic carbocycles. The molecule has 1 aromatic carbocycles. The standard InChI is InChI=1S/C31H46ClN5O3/c1-6-7-8-9-10-11-12-13-14-15-19-40-25(38)20-22(2)30(39)33-24-18-16-17-23(21-24)28-34-29-26(32)27(31(3,4)5)35-37(29)36-28/h16-18,21-22,35H,6-15,19-20H2,1-5H3,(H,33,39). The predicted octanol–water partition coefficient (Wildman–Crippen LogP) is 8.10. The number of anilines is 1. The number of amides is 1. The number of ether oxygens (including phenoxy) is 1. The number of hydrogen-bond donors (Lipinski definition) is 2. The highest BCUT2D eigenvalue weighted by atomic mass is 35.5. The summed E-state index contributed by atoms with van der Waals surface area (Å²) in [6, 6.07) is 7.30. The highest BCUT2D eigenvalue weighted by Gasteiger charge is 2.24. The van der Waals surface area contributed by atoms with Crippen molar-refractivity contribution in [2.24, 2.45) is 5.92 Å². The highest BCUT2D eigenvalue weighted by molar-refractivity contribution is 6.34. The van der Waals surface area contributed by atoms with Crippen LogP contribution in [-0.4, -0.2) is 38.3 Å². The van der Waals surface area contributed by atoms with Crippen LogP contribution in [0.1, 0.15) is 111 Å². The van der Waals surface area contributed by atoms with Crippen LogP contribution >= 0.6 is 11.6 Å². The number of hydrogen-bond acceptors (Lipinski definition) is 5. The molecule has 2 aromatic heterocycles. The molecule has 0 bridgehead atoms. The third-order valence-corrected chi connectivity index (χ3v) is 7.42. The summed E-state index contributed by atoms with van der Waals surface area (Å²) in [6.45, 7) is 10.6. The number of fused-ring (bicyclic) bond motifs is 1.